The molecule has 0 bridgehead atoms. The van der Waals surface area contributed by atoms with Crippen LogP contribution in [0.4, 0.5) is 4.39 Å². The number of hydrogen-bond donors (Lipinski definition) is 2. The van der Waals surface area contributed by atoms with Gasteiger partial charge in [-0.2, -0.15) is 5.48 Å². The molecule has 0 heterocycles. The van der Waals surface area contributed by atoms with Gasteiger partial charge in [0.2, 0.25) is 0 Å². The Bertz CT molecular complexity index is 231. The predicted molar refractivity (Wildman–Crippen MR) is 44.4 cm³/mol. The number of hydrogen-bond acceptors (Lipinski definition) is 2. The number of hydroxylamine groups is 1. The molecule has 0 aromatic heterocycles. The standard InChI is InChI=1S/C9H12FNO/c1-2-9(11-12)7-3-5-8(10)6-4-7/h3-6,9,11-12H,2H2,1H3. The Morgan fingerprint density at radius 3 is 2.42 bits per heavy atom. The van der Waals surface area contributed by atoms with Gasteiger partial charge in [-0.3, -0.25) is 0 Å². The SMILES string of the molecule is CCC(NO)c1ccc(F)cc1. The van der Waals surface area contributed by atoms with E-state index in [1.54, 1.807) is 12.1 Å². The van der Waals surface area contributed by atoms with E-state index in [0.717, 1.165) is 12.0 Å². The van der Waals surface area contributed by atoms with E-state index in [0.29, 0.717) is 0 Å². The van der Waals surface area contributed by atoms with Gasteiger partial charge in [-0.1, -0.05) is 19.1 Å². The summed E-state index contributed by atoms with van der Waals surface area (Å²) in [5.41, 5.74) is 3.06. The Hall–Kier alpha value is -0.930. The maximum Gasteiger partial charge on any atom is 0.123 e. The van der Waals surface area contributed by atoms with E-state index in [4.69, 9.17) is 5.21 Å². The monoisotopic (exact) mass is 169 g/mol. The first-order valence-electron chi connectivity index (χ1n) is 3.93. The fourth-order valence-corrected chi connectivity index (χ4v) is 1.10. The molecule has 12 heavy (non-hydrogen) atoms. The molecule has 2 N–H and O–H groups in total. The second kappa shape index (κ2) is 4.18. The predicted octanol–water partition coefficient (Wildman–Crippen LogP) is 2.26. The average Bonchev–Trinajstić information content (AvgIpc) is 2.10. The smallest absolute Gasteiger partial charge is 0.123 e. The summed E-state index contributed by atoms with van der Waals surface area (Å²) >= 11 is 0. The van der Waals surface area contributed by atoms with Crippen LogP contribution in [0.1, 0.15) is 24.9 Å². The molecule has 0 spiro atoms. The molecule has 66 valence electrons. The van der Waals surface area contributed by atoms with Gasteiger partial charge in [-0.25, -0.2) is 4.39 Å². The van der Waals surface area contributed by atoms with Gasteiger partial charge < -0.3 is 5.21 Å². The van der Waals surface area contributed by atoms with Gasteiger partial charge >= 0.3 is 0 Å². The zero-order valence-corrected chi connectivity index (χ0v) is 6.92. The van der Waals surface area contributed by atoms with E-state index in [2.05, 4.69) is 5.48 Å². The van der Waals surface area contributed by atoms with E-state index in [-0.39, 0.29) is 11.9 Å². The molecule has 1 unspecified atom stereocenters. The number of nitrogens with one attached hydrogen (secondary N) is 1. The van der Waals surface area contributed by atoms with E-state index >= 15 is 0 Å². The van der Waals surface area contributed by atoms with Gasteiger partial charge in [0.15, 0.2) is 0 Å². The van der Waals surface area contributed by atoms with Crippen molar-refractivity contribution in [1.29, 1.82) is 0 Å². The lowest BCUT2D eigenvalue weighted by Gasteiger charge is -2.12. The molecule has 2 nitrogen and oxygen atoms in total. The Balaban J connectivity index is 2.80. The highest BCUT2D eigenvalue weighted by molar-refractivity contribution is 5.19. The molecule has 1 aromatic carbocycles. The van der Waals surface area contributed by atoms with Crippen LogP contribution in [0.5, 0.6) is 0 Å². The Kier molecular flexibility index (Phi) is 3.19. The Labute approximate surface area is 71.0 Å². The van der Waals surface area contributed by atoms with Crippen molar-refractivity contribution in [3.05, 3.63) is 35.6 Å². The molecule has 0 radical (unpaired) electrons. The van der Waals surface area contributed by atoms with E-state index in [1.807, 2.05) is 6.92 Å². The number of rotatable bonds is 3. The molecule has 0 fully saturated rings. The molecule has 0 aliphatic rings. The zero-order chi connectivity index (χ0) is 8.97. The van der Waals surface area contributed by atoms with Crippen molar-refractivity contribution in [3.8, 4) is 0 Å². The summed E-state index contributed by atoms with van der Waals surface area (Å²) < 4.78 is 12.5. The normalized spacial score (nSPS) is 12.9. The van der Waals surface area contributed by atoms with Crippen LogP contribution in [-0.2, 0) is 0 Å². The molecule has 1 rings (SSSR count). The third-order valence-corrected chi connectivity index (χ3v) is 1.84. The van der Waals surface area contributed by atoms with Crippen LogP contribution < -0.4 is 5.48 Å². The summed E-state index contributed by atoms with van der Waals surface area (Å²) in [6, 6.07) is 5.98. The van der Waals surface area contributed by atoms with Crippen LogP contribution in [0.15, 0.2) is 24.3 Å². The lowest BCUT2D eigenvalue weighted by atomic mass is 10.1. The molecule has 0 saturated carbocycles. The van der Waals surface area contributed by atoms with Crippen molar-refractivity contribution in [1.82, 2.24) is 5.48 Å². The van der Waals surface area contributed by atoms with Crippen molar-refractivity contribution in [2.24, 2.45) is 0 Å². The van der Waals surface area contributed by atoms with Crippen LogP contribution in [0.25, 0.3) is 0 Å². The highest BCUT2D eigenvalue weighted by atomic mass is 19.1. The topological polar surface area (TPSA) is 32.3 Å². The lowest BCUT2D eigenvalue weighted by Crippen LogP contribution is -2.15. The minimum Gasteiger partial charge on any atom is -0.316 e. The molecule has 0 saturated heterocycles. The van der Waals surface area contributed by atoms with Crippen LogP contribution in [0, 0.1) is 5.82 Å². The van der Waals surface area contributed by atoms with Crippen LogP contribution in [-0.4, -0.2) is 5.21 Å². The second-order valence-corrected chi connectivity index (χ2v) is 2.64. The minimum absolute atomic E-state index is 0.106. The first kappa shape index (κ1) is 9.16. The van der Waals surface area contributed by atoms with Crippen LogP contribution in [0.2, 0.25) is 0 Å². The summed E-state index contributed by atoms with van der Waals surface area (Å²) in [6.07, 6.45) is 0.766. The van der Waals surface area contributed by atoms with Crippen LogP contribution >= 0.6 is 0 Å². The zero-order valence-electron chi connectivity index (χ0n) is 6.92. The largest absolute Gasteiger partial charge is 0.316 e. The summed E-state index contributed by atoms with van der Waals surface area (Å²) in [4.78, 5) is 0. The second-order valence-electron chi connectivity index (χ2n) is 2.64. The highest BCUT2D eigenvalue weighted by Crippen LogP contribution is 2.15. The molecule has 3 heteroatoms. The maximum absolute atomic E-state index is 12.5. The first-order valence-corrected chi connectivity index (χ1v) is 3.93. The fraction of sp³-hybridized carbons (Fsp3) is 0.333. The van der Waals surface area contributed by atoms with Gasteiger partial charge in [0.05, 0.1) is 6.04 Å². The van der Waals surface area contributed by atoms with Gasteiger partial charge in [0.25, 0.3) is 0 Å². The van der Waals surface area contributed by atoms with Crippen molar-refractivity contribution >= 4 is 0 Å². The van der Waals surface area contributed by atoms with Gasteiger partial charge in [0, 0.05) is 0 Å². The Morgan fingerprint density at radius 2 is 2.00 bits per heavy atom. The molecular weight excluding hydrogens is 157 g/mol. The molecule has 0 aliphatic heterocycles. The highest BCUT2D eigenvalue weighted by Gasteiger charge is 2.06. The third-order valence-electron chi connectivity index (χ3n) is 1.84. The molecule has 0 amide bonds. The summed E-state index contributed by atoms with van der Waals surface area (Å²) in [5, 5.41) is 8.71. The quantitative estimate of drug-likeness (QED) is 0.680. The van der Waals surface area contributed by atoms with Crippen molar-refractivity contribution in [2.75, 3.05) is 0 Å². The number of benzene rings is 1. The first-order chi connectivity index (χ1) is 5.77. The van der Waals surface area contributed by atoms with E-state index in [1.165, 1.54) is 12.1 Å². The van der Waals surface area contributed by atoms with Gasteiger partial charge in [-0.05, 0) is 24.1 Å². The average molecular weight is 169 g/mol. The van der Waals surface area contributed by atoms with Gasteiger partial charge in [0.1, 0.15) is 5.82 Å². The lowest BCUT2D eigenvalue weighted by molar-refractivity contribution is 0.124. The fourth-order valence-electron chi connectivity index (χ4n) is 1.10. The third kappa shape index (κ3) is 2.03. The van der Waals surface area contributed by atoms with Crippen LogP contribution in [0.3, 0.4) is 0 Å². The minimum atomic E-state index is -0.258. The van der Waals surface area contributed by atoms with E-state index < -0.39 is 0 Å². The maximum atomic E-state index is 12.5. The molecule has 1 aromatic rings. The summed E-state index contributed by atoms with van der Waals surface area (Å²) in [7, 11) is 0. The molecular formula is C9H12FNO. The van der Waals surface area contributed by atoms with Crippen molar-refractivity contribution < 1.29 is 9.60 Å². The molecule has 1 atom stereocenters. The van der Waals surface area contributed by atoms with Crippen molar-refractivity contribution in [3.63, 3.8) is 0 Å². The Morgan fingerprint density at radius 1 is 1.42 bits per heavy atom. The summed E-state index contributed by atoms with van der Waals surface area (Å²) in [6.45, 7) is 1.94. The van der Waals surface area contributed by atoms with Crippen molar-refractivity contribution in [2.45, 2.75) is 19.4 Å². The molecule has 0 aliphatic carbocycles. The number of halogens is 1. The van der Waals surface area contributed by atoms with E-state index in [9.17, 15) is 4.39 Å². The van der Waals surface area contributed by atoms with Gasteiger partial charge in [-0.15, -0.1) is 0 Å². The summed E-state index contributed by atoms with van der Waals surface area (Å²) in [5.74, 6) is -0.258.